The average molecular weight is 462 g/mol. The van der Waals surface area contributed by atoms with E-state index in [-0.39, 0.29) is 17.7 Å². The summed E-state index contributed by atoms with van der Waals surface area (Å²) in [6, 6.07) is 9.34. The predicted molar refractivity (Wildman–Crippen MR) is 122 cm³/mol. The Morgan fingerprint density at radius 2 is 1.94 bits per heavy atom. The van der Waals surface area contributed by atoms with Gasteiger partial charge >= 0.3 is 0 Å². The summed E-state index contributed by atoms with van der Waals surface area (Å²) in [7, 11) is 1.94. The predicted octanol–water partition coefficient (Wildman–Crippen LogP) is 2.46. The Hall–Kier alpha value is -1.76. The van der Waals surface area contributed by atoms with Gasteiger partial charge in [0.15, 0.2) is 0 Å². The topological polar surface area (TPSA) is 66.5 Å². The van der Waals surface area contributed by atoms with Gasteiger partial charge in [0.2, 0.25) is 0 Å². The number of rotatable bonds is 7. The second-order valence-corrected chi connectivity index (χ2v) is 9.17. The van der Waals surface area contributed by atoms with Crippen molar-refractivity contribution in [3.63, 3.8) is 0 Å². The number of hydrogen-bond donors (Lipinski definition) is 1. The highest BCUT2D eigenvalue weighted by molar-refractivity contribution is 7.80. The zero-order chi connectivity index (χ0) is 22.0. The molecule has 0 spiro atoms. The minimum absolute atomic E-state index is 0.110. The van der Waals surface area contributed by atoms with Crippen LogP contribution in [-0.4, -0.2) is 76.6 Å². The first-order valence-electron chi connectivity index (χ1n) is 10.5. The van der Waals surface area contributed by atoms with Crippen molar-refractivity contribution < 1.29 is 9.47 Å². The zero-order valence-corrected chi connectivity index (χ0v) is 19.5. The first-order valence-corrected chi connectivity index (χ1v) is 11.4. The first kappa shape index (κ1) is 22.4. The van der Waals surface area contributed by atoms with Crippen molar-refractivity contribution in [1.82, 2.24) is 19.6 Å². The van der Waals surface area contributed by atoms with Crippen LogP contribution in [0, 0.1) is 18.3 Å². The van der Waals surface area contributed by atoms with Gasteiger partial charge in [0.05, 0.1) is 40.7 Å². The maximum atomic E-state index is 8.88. The molecule has 166 valence electrons. The Balaban J connectivity index is 1.26. The molecule has 0 aliphatic carbocycles. The van der Waals surface area contributed by atoms with Crippen LogP contribution in [0.5, 0.6) is 5.75 Å². The van der Waals surface area contributed by atoms with E-state index in [1.807, 2.05) is 30.8 Å². The number of hydrogen-bond acceptors (Lipinski definition) is 7. The van der Waals surface area contributed by atoms with Crippen molar-refractivity contribution >= 4 is 24.2 Å². The molecular weight excluding hydrogens is 434 g/mol. The number of nitrogens with zero attached hydrogens (tertiary/aromatic N) is 5. The molecule has 2 fully saturated rings. The summed E-state index contributed by atoms with van der Waals surface area (Å²) in [5.41, 5.74) is 2.53. The van der Waals surface area contributed by atoms with Gasteiger partial charge in [-0.2, -0.15) is 10.4 Å². The van der Waals surface area contributed by atoms with Crippen molar-refractivity contribution in [2.24, 2.45) is 7.05 Å². The van der Waals surface area contributed by atoms with Crippen LogP contribution in [0.4, 0.5) is 0 Å². The number of thiol groups is 1. The number of fused-ring (bicyclic) bond motifs is 2. The Morgan fingerprint density at radius 3 is 2.52 bits per heavy atom. The summed E-state index contributed by atoms with van der Waals surface area (Å²) in [5, 5.41) is 13.3. The number of morpholine rings is 2. The van der Waals surface area contributed by atoms with Gasteiger partial charge in [-0.25, -0.2) is 0 Å². The molecule has 0 N–H and O–H groups in total. The molecule has 2 aliphatic heterocycles. The number of aryl methyl sites for hydroxylation is 2. The van der Waals surface area contributed by atoms with E-state index in [4.69, 9.17) is 26.3 Å². The molecule has 2 bridgehead atoms. The highest BCUT2D eigenvalue weighted by Crippen LogP contribution is 2.26. The lowest BCUT2D eigenvalue weighted by molar-refractivity contribution is -0.141. The average Bonchev–Trinajstić information content (AvgIpc) is 2.99. The number of halogens is 1. The molecule has 0 amide bonds. The lowest BCUT2D eigenvalue weighted by atomic mass is 10.1. The number of nitriles is 1. The van der Waals surface area contributed by atoms with E-state index in [0.29, 0.717) is 18.6 Å². The van der Waals surface area contributed by atoms with Crippen molar-refractivity contribution in [2.45, 2.75) is 35.9 Å². The number of benzene rings is 1. The second kappa shape index (κ2) is 9.80. The lowest BCUT2D eigenvalue weighted by Crippen LogP contribution is -2.61. The Bertz CT molecular complexity index is 931. The molecule has 3 atom stereocenters. The molecule has 9 heteroatoms. The van der Waals surface area contributed by atoms with Crippen molar-refractivity contribution in [3.8, 4) is 11.8 Å². The normalized spacial score (nSPS) is 22.8. The molecule has 2 saturated heterocycles. The Labute approximate surface area is 193 Å². The van der Waals surface area contributed by atoms with Crippen molar-refractivity contribution in [2.75, 3.05) is 39.3 Å². The largest absolute Gasteiger partial charge is 0.492 e. The van der Waals surface area contributed by atoms with Crippen LogP contribution in [0.2, 0.25) is 0 Å². The summed E-state index contributed by atoms with van der Waals surface area (Å²) < 4.78 is 13.9. The van der Waals surface area contributed by atoms with Crippen LogP contribution in [0.3, 0.4) is 0 Å². The van der Waals surface area contributed by atoms with Crippen molar-refractivity contribution in [3.05, 3.63) is 41.2 Å². The standard InChI is InChI=1S/C22H28ClN5O2S/c1-15-22(31)20(26(2)25-15)9-21(23)28-13-18-11-27(12-19(14-28)30-18)7-8-29-17-5-3-16(10-24)4-6-17/h3-6,18-19,21,31H,7-9,11-14H2,1-2H3. The van der Waals surface area contributed by atoms with E-state index in [1.54, 1.807) is 12.1 Å². The zero-order valence-electron chi connectivity index (χ0n) is 17.9. The molecule has 31 heavy (non-hydrogen) atoms. The third-order valence-corrected chi connectivity index (χ3v) is 6.92. The van der Waals surface area contributed by atoms with Crippen LogP contribution in [-0.2, 0) is 18.2 Å². The molecule has 1 aromatic heterocycles. The van der Waals surface area contributed by atoms with Crippen LogP contribution in [0.25, 0.3) is 0 Å². The third-order valence-electron chi connectivity index (χ3n) is 5.91. The van der Waals surface area contributed by atoms with Gasteiger partial charge in [0.1, 0.15) is 12.4 Å². The van der Waals surface area contributed by atoms with Gasteiger partial charge in [-0.05, 0) is 31.2 Å². The molecule has 7 nitrogen and oxygen atoms in total. The molecule has 2 aliphatic rings. The molecule has 2 aromatic rings. The SMILES string of the molecule is Cc1nn(C)c(CC(Cl)N2CC3CN(CCOc4ccc(C#N)cc4)CC(C2)O3)c1S. The summed E-state index contributed by atoms with van der Waals surface area (Å²) in [4.78, 5) is 5.65. The summed E-state index contributed by atoms with van der Waals surface area (Å²) in [6.07, 6.45) is 0.999. The molecule has 3 heterocycles. The number of aromatic nitrogens is 2. The van der Waals surface area contributed by atoms with E-state index in [9.17, 15) is 0 Å². The van der Waals surface area contributed by atoms with Crippen LogP contribution >= 0.6 is 24.2 Å². The van der Waals surface area contributed by atoms with Crippen LogP contribution in [0.1, 0.15) is 17.0 Å². The van der Waals surface area contributed by atoms with E-state index >= 15 is 0 Å². The Morgan fingerprint density at radius 1 is 1.26 bits per heavy atom. The van der Waals surface area contributed by atoms with Crippen LogP contribution in [0.15, 0.2) is 29.2 Å². The highest BCUT2D eigenvalue weighted by atomic mass is 35.5. The highest BCUT2D eigenvalue weighted by Gasteiger charge is 2.37. The molecular formula is C22H28ClN5O2S. The third kappa shape index (κ3) is 5.36. The monoisotopic (exact) mass is 461 g/mol. The van der Waals surface area contributed by atoms with Gasteiger partial charge in [0.25, 0.3) is 0 Å². The quantitative estimate of drug-likeness (QED) is 0.388. The smallest absolute Gasteiger partial charge is 0.119 e. The number of ether oxygens (including phenoxy) is 2. The molecule has 0 radical (unpaired) electrons. The molecule has 3 unspecified atom stereocenters. The van der Waals surface area contributed by atoms with E-state index in [0.717, 1.165) is 54.8 Å². The molecule has 0 saturated carbocycles. The maximum Gasteiger partial charge on any atom is 0.119 e. The van der Waals surface area contributed by atoms with Crippen molar-refractivity contribution in [1.29, 1.82) is 5.26 Å². The van der Waals surface area contributed by atoms with Gasteiger partial charge in [0, 0.05) is 51.1 Å². The van der Waals surface area contributed by atoms with Gasteiger partial charge in [-0.3, -0.25) is 14.5 Å². The minimum atomic E-state index is -0.110. The van der Waals surface area contributed by atoms with E-state index < -0.39 is 0 Å². The van der Waals surface area contributed by atoms with Gasteiger partial charge in [-0.1, -0.05) is 0 Å². The first-order chi connectivity index (χ1) is 14.9. The summed E-state index contributed by atoms with van der Waals surface area (Å²) in [5.74, 6) is 0.789. The lowest BCUT2D eigenvalue weighted by Gasteiger charge is -2.47. The van der Waals surface area contributed by atoms with Gasteiger partial charge < -0.3 is 9.47 Å². The van der Waals surface area contributed by atoms with Gasteiger partial charge in [-0.15, -0.1) is 24.2 Å². The van der Waals surface area contributed by atoms with E-state index in [2.05, 4.69) is 33.6 Å². The maximum absolute atomic E-state index is 8.88. The fraction of sp³-hybridized carbons (Fsp3) is 0.545. The fourth-order valence-corrected chi connectivity index (χ4v) is 4.94. The molecule has 4 rings (SSSR count). The van der Waals surface area contributed by atoms with E-state index in [1.165, 1.54) is 0 Å². The Kier molecular flexibility index (Phi) is 7.09. The summed E-state index contributed by atoms with van der Waals surface area (Å²) in [6.45, 7) is 6.79. The fourth-order valence-electron chi connectivity index (χ4n) is 4.35. The molecule has 1 aromatic carbocycles. The van der Waals surface area contributed by atoms with Crippen LogP contribution < -0.4 is 4.74 Å². The minimum Gasteiger partial charge on any atom is -0.492 e. The second-order valence-electron chi connectivity index (χ2n) is 8.22. The summed E-state index contributed by atoms with van der Waals surface area (Å²) >= 11 is 11.4. The number of alkyl halides is 1.